The highest BCUT2D eigenvalue weighted by molar-refractivity contribution is 5.75. The van der Waals surface area contributed by atoms with Crippen molar-refractivity contribution in [3.8, 4) is 0 Å². The van der Waals surface area contributed by atoms with Crippen molar-refractivity contribution in [1.82, 2.24) is 0 Å². The molecule has 0 amide bonds. The number of benzene rings is 1. The van der Waals surface area contributed by atoms with Crippen molar-refractivity contribution >= 4 is 5.97 Å². The third-order valence-corrected chi connectivity index (χ3v) is 1.80. The molecule has 0 saturated carbocycles. The Morgan fingerprint density at radius 2 is 1.94 bits per heavy atom. The van der Waals surface area contributed by atoms with Crippen LogP contribution >= 0.6 is 0 Å². The molecule has 0 aliphatic heterocycles. The normalized spacial score (nSPS) is 11.0. The fourth-order valence-electron chi connectivity index (χ4n) is 1.10. The summed E-state index contributed by atoms with van der Waals surface area (Å²) in [7, 11) is 1.34. The Morgan fingerprint density at radius 1 is 1.44 bits per heavy atom. The summed E-state index contributed by atoms with van der Waals surface area (Å²) in [6, 6.07) is 9.06. The first-order chi connectivity index (χ1) is 7.65. The van der Waals surface area contributed by atoms with Gasteiger partial charge in [0.05, 0.1) is 7.11 Å². The van der Waals surface area contributed by atoms with Crippen LogP contribution in [0.3, 0.4) is 0 Å². The summed E-state index contributed by atoms with van der Waals surface area (Å²) in [6.07, 6.45) is 0.521. The first-order valence-electron chi connectivity index (χ1n) is 5.13. The Labute approximate surface area is 96.0 Å². The Morgan fingerprint density at radius 3 is 2.38 bits per heavy atom. The highest BCUT2D eigenvalue weighted by Crippen LogP contribution is 2.02. The maximum absolute atomic E-state index is 11.0. The third-order valence-electron chi connectivity index (χ3n) is 1.80. The maximum Gasteiger partial charge on any atom is 0.322 e. The van der Waals surface area contributed by atoms with E-state index in [4.69, 9.17) is 10.8 Å². The minimum absolute atomic E-state index is 0.250. The molecule has 0 bridgehead atoms. The van der Waals surface area contributed by atoms with E-state index in [9.17, 15) is 4.79 Å². The second-order valence-corrected chi connectivity index (χ2v) is 3.14. The minimum atomic E-state index is -0.563. The first kappa shape index (κ1) is 14.6. The lowest BCUT2D eigenvalue weighted by Gasteiger charge is -2.08. The minimum Gasteiger partial charge on any atom is -0.468 e. The van der Waals surface area contributed by atoms with Crippen molar-refractivity contribution in [2.24, 2.45) is 5.73 Å². The topological polar surface area (TPSA) is 72.5 Å². The summed E-state index contributed by atoms with van der Waals surface area (Å²) in [5.41, 5.74) is 6.63. The number of methoxy groups -OCH3 is 1. The molecule has 16 heavy (non-hydrogen) atoms. The number of carbonyl (C=O) groups is 1. The SMILES string of the molecule is CCO.COC(=O)C(N)Cc1ccccc1. The van der Waals surface area contributed by atoms with Gasteiger partial charge >= 0.3 is 5.97 Å². The number of aliphatic hydroxyl groups excluding tert-OH is 1. The number of hydrogen-bond acceptors (Lipinski definition) is 4. The van der Waals surface area contributed by atoms with Crippen molar-refractivity contribution in [1.29, 1.82) is 0 Å². The van der Waals surface area contributed by atoms with Crippen molar-refractivity contribution in [2.45, 2.75) is 19.4 Å². The van der Waals surface area contributed by atoms with Crippen LogP contribution in [0.25, 0.3) is 0 Å². The average Bonchev–Trinajstić information content (AvgIpc) is 2.30. The van der Waals surface area contributed by atoms with Gasteiger partial charge in [0.25, 0.3) is 0 Å². The van der Waals surface area contributed by atoms with Crippen LogP contribution in [0.2, 0.25) is 0 Å². The van der Waals surface area contributed by atoms with E-state index in [1.165, 1.54) is 7.11 Å². The molecular weight excluding hydrogens is 206 g/mol. The molecule has 1 rings (SSSR count). The monoisotopic (exact) mass is 225 g/mol. The second kappa shape index (κ2) is 8.88. The van der Waals surface area contributed by atoms with E-state index in [0.29, 0.717) is 6.42 Å². The number of esters is 1. The van der Waals surface area contributed by atoms with Crippen molar-refractivity contribution < 1.29 is 14.6 Å². The van der Waals surface area contributed by atoms with Crippen molar-refractivity contribution in [3.63, 3.8) is 0 Å². The van der Waals surface area contributed by atoms with Gasteiger partial charge in [0.15, 0.2) is 0 Å². The zero-order valence-electron chi connectivity index (χ0n) is 9.72. The first-order valence-corrected chi connectivity index (χ1v) is 5.13. The van der Waals surface area contributed by atoms with Crippen LogP contribution < -0.4 is 5.73 Å². The van der Waals surface area contributed by atoms with Crippen LogP contribution in [0.5, 0.6) is 0 Å². The zero-order chi connectivity index (χ0) is 12.4. The molecule has 1 unspecified atom stereocenters. The standard InChI is InChI=1S/C10H13NO2.C2H6O/c1-13-10(12)9(11)7-8-5-3-2-4-6-8;1-2-3/h2-6,9H,7,11H2,1H3;3H,2H2,1H3. The van der Waals surface area contributed by atoms with E-state index < -0.39 is 6.04 Å². The summed E-state index contributed by atoms with van der Waals surface area (Å²) in [6.45, 7) is 1.93. The van der Waals surface area contributed by atoms with Gasteiger partial charge in [-0.3, -0.25) is 4.79 Å². The largest absolute Gasteiger partial charge is 0.468 e. The molecular formula is C12H19NO3. The lowest BCUT2D eigenvalue weighted by atomic mass is 10.1. The van der Waals surface area contributed by atoms with Crippen LogP contribution in [0.1, 0.15) is 12.5 Å². The van der Waals surface area contributed by atoms with Gasteiger partial charge in [-0.1, -0.05) is 30.3 Å². The highest BCUT2D eigenvalue weighted by atomic mass is 16.5. The molecule has 4 nitrogen and oxygen atoms in total. The van der Waals surface area contributed by atoms with Gasteiger partial charge in [-0.2, -0.15) is 0 Å². The summed E-state index contributed by atoms with van der Waals surface area (Å²) in [5.74, 6) is -0.371. The molecule has 0 aliphatic rings. The Bertz CT molecular complexity index is 288. The summed E-state index contributed by atoms with van der Waals surface area (Å²) in [5, 5.41) is 7.57. The fourth-order valence-corrected chi connectivity index (χ4v) is 1.10. The number of hydrogen-bond donors (Lipinski definition) is 2. The summed E-state index contributed by atoms with van der Waals surface area (Å²) in [4.78, 5) is 11.0. The van der Waals surface area contributed by atoms with Crippen LogP contribution in [0.15, 0.2) is 30.3 Å². The van der Waals surface area contributed by atoms with E-state index in [0.717, 1.165) is 5.56 Å². The number of ether oxygens (including phenoxy) is 1. The van der Waals surface area contributed by atoms with Crippen LogP contribution in [0, 0.1) is 0 Å². The molecule has 0 aromatic heterocycles. The average molecular weight is 225 g/mol. The van der Waals surface area contributed by atoms with Gasteiger partial charge in [-0.05, 0) is 18.9 Å². The Balaban J connectivity index is 0.000000673. The molecule has 90 valence electrons. The van der Waals surface area contributed by atoms with E-state index >= 15 is 0 Å². The molecule has 1 aromatic carbocycles. The lowest BCUT2D eigenvalue weighted by Crippen LogP contribution is -2.33. The van der Waals surface area contributed by atoms with Gasteiger partial charge in [0, 0.05) is 6.61 Å². The van der Waals surface area contributed by atoms with Gasteiger partial charge in [0.2, 0.25) is 0 Å². The van der Waals surface area contributed by atoms with Gasteiger partial charge in [-0.15, -0.1) is 0 Å². The zero-order valence-corrected chi connectivity index (χ0v) is 9.72. The molecule has 0 heterocycles. The summed E-state index contributed by atoms with van der Waals surface area (Å²) < 4.78 is 4.52. The second-order valence-electron chi connectivity index (χ2n) is 3.14. The predicted octanol–water partition coefficient (Wildman–Crippen LogP) is 0.728. The van der Waals surface area contributed by atoms with Gasteiger partial charge in [-0.25, -0.2) is 0 Å². The van der Waals surface area contributed by atoms with Crippen LogP contribution in [-0.4, -0.2) is 30.8 Å². The molecule has 3 N–H and O–H groups in total. The molecule has 1 atom stereocenters. The molecule has 1 aromatic rings. The summed E-state index contributed by atoms with van der Waals surface area (Å²) >= 11 is 0. The van der Waals surface area contributed by atoms with Gasteiger partial charge in [0.1, 0.15) is 6.04 Å². The lowest BCUT2D eigenvalue weighted by molar-refractivity contribution is -0.142. The molecule has 0 radical (unpaired) electrons. The van der Waals surface area contributed by atoms with E-state index in [1.807, 2.05) is 30.3 Å². The smallest absolute Gasteiger partial charge is 0.322 e. The maximum atomic E-state index is 11.0. The number of rotatable bonds is 3. The molecule has 0 fully saturated rings. The highest BCUT2D eigenvalue weighted by Gasteiger charge is 2.13. The predicted molar refractivity (Wildman–Crippen MR) is 62.9 cm³/mol. The van der Waals surface area contributed by atoms with E-state index in [2.05, 4.69) is 4.74 Å². The van der Waals surface area contributed by atoms with Crippen LogP contribution in [0.4, 0.5) is 0 Å². The van der Waals surface area contributed by atoms with Gasteiger partial charge < -0.3 is 15.6 Å². The van der Waals surface area contributed by atoms with Crippen LogP contribution in [-0.2, 0) is 16.0 Å². The van der Waals surface area contributed by atoms with Crippen molar-refractivity contribution in [3.05, 3.63) is 35.9 Å². The number of nitrogens with two attached hydrogens (primary N) is 1. The molecule has 0 spiro atoms. The van der Waals surface area contributed by atoms with E-state index in [-0.39, 0.29) is 12.6 Å². The number of aliphatic hydroxyl groups is 1. The van der Waals surface area contributed by atoms with Crippen molar-refractivity contribution in [2.75, 3.05) is 13.7 Å². The molecule has 0 saturated heterocycles. The fraction of sp³-hybridized carbons (Fsp3) is 0.417. The Kier molecular flexibility index (Phi) is 8.11. The number of carbonyl (C=O) groups excluding carboxylic acids is 1. The Hall–Kier alpha value is -1.39. The van der Waals surface area contributed by atoms with E-state index in [1.54, 1.807) is 6.92 Å². The quantitative estimate of drug-likeness (QED) is 0.744. The molecule has 4 heteroatoms. The molecule has 0 aliphatic carbocycles. The third kappa shape index (κ3) is 6.16.